The van der Waals surface area contributed by atoms with E-state index in [1.807, 2.05) is 0 Å². The van der Waals surface area contributed by atoms with Gasteiger partial charge in [0.15, 0.2) is 23.0 Å². The number of anilines is 2. The summed E-state index contributed by atoms with van der Waals surface area (Å²) in [6, 6.07) is 5.50. The van der Waals surface area contributed by atoms with Gasteiger partial charge in [-0.25, -0.2) is 13.2 Å². The molecule has 2 aromatic carbocycles. The fourth-order valence-electron chi connectivity index (χ4n) is 3.11. The van der Waals surface area contributed by atoms with Gasteiger partial charge >= 0.3 is 5.97 Å². The molecule has 1 N–H and O–H groups in total. The maximum absolute atomic E-state index is 13.4. The molecule has 0 aliphatic heterocycles. The van der Waals surface area contributed by atoms with Gasteiger partial charge < -0.3 is 29.0 Å². The number of sulfonamides is 1. The molecule has 0 unspecified atom stereocenters. The van der Waals surface area contributed by atoms with Crippen molar-refractivity contribution < 1.29 is 41.7 Å². The first-order valence-electron chi connectivity index (χ1n) is 9.96. The molecule has 0 aliphatic rings. The number of nitrogens with zero attached hydrogens (tertiary/aromatic N) is 1. The lowest BCUT2D eigenvalue weighted by atomic mass is 10.1. The van der Waals surface area contributed by atoms with Crippen molar-refractivity contribution in [2.45, 2.75) is 6.92 Å². The van der Waals surface area contributed by atoms with Crippen LogP contribution in [0.4, 0.5) is 11.4 Å². The number of hydrogen-bond donors (Lipinski definition) is 1. The Bertz CT molecular complexity index is 1180. The van der Waals surface area contributed by atoms with Gasteiger partial charge in [0.1, 0.15) is 0 Å². The van der Waals surface area contributed by atoms with Gasteiger partial charge in [-0.2, -0.15) is 0 Å². The number of methoxy groups -OCH3 is 5. The van der Waals surface area contributed by atoms with Crippen molar-refractivity contribution in [3.05, 3.63) is 35.4 Å². The van der Waals surface area contributed by atoms with Gasteiger partial charge in [0.25, 0.3) is 5.91 Å². The molecule has 0 atom stereocenters. The molecule has 2 aromatic rings. The van der Waals surface area contributed by atoms with Crippen molar-refractivity contribution in [3.63, 3.8) is 0 Å². The first-order valence-corrected chi connectivity index (χ1v) is 11.6. The van der Waals surface area contributed by atoms with Crippen LogP contribution in [0.2, 0.25) is 0 Å². The zero-order valence-electron chi connectivity index (χ0n) is 20.0. The molecule has 11 nitrogen and oxygen atoms in total. The van der Waals surface area contributed by atoms with Crippen molar-refractivity contribution in [1.29, 1.82) is 0 Å². The lowest BCUT2D eigenvalue weighted by Gasteiger charge is -2.23. The molecule has 186 valence electrons. The summed E-state index contributed by atoms with van der Waals surface area (Å²) >= 11 is 0. The topological polar surface area (TPSA) is 130 Å². The van der Waals surface area contributed by atoms with E-state index in [1.54, 1.807) is 0 Å². The highest BCUT2D eigenvalue weighted by atomic mass is 32.2. The molecule has 34 heavy (non-hydrogen) atoms. The molecule has 0 aromatic heterocycles. The van der Waals surface area contributed by atoms with E-state index in [0.29, 0.717) is 0 Å². The molecule has 0 radical (unpaired) electrons. The van der Waals surface area contributed by atoms with E-state index in [-0.39, 0.29) is 51.3 Å². The Balaban J connectivity index is 2.69. The third kappa shape index (κ3) is 5.28. The zero-order chi connectivity index (χ0) is 25.6. The Hall–Kier alpha value is -3.67. The predicted octanol–water partition coefficient (Wildman–Crippen LogP) is 2.55. The van der Waals surface area contributed by atoms with Crippen LogP contribution in [0.5, 0.6) is 23.0 Å². The second kappa shape index (κ2) is 11.0. The van der Waals surface area contributed by atoms with Crippen molar-refractivity contribution in [1.82, 2.24) is 0 Å². The molecular weight excluding hydrogens is 468 g/mol. The summed E-state index contributed by atoms with van der Waals surface area (Å²) in [5.41, 5.74) is 0.0844. The fourth-order valence-corrected chi connectivity index (χ4v) is 3.94. The largest absolute Gasteiger partial charge is 0.493 e. The quantitative estimate of drug-likeness (QED) is 0.493. The minimum Gasteiger partial charge on any atom is -0.493 e. The van der Waals surface area contributed by atoms with Gasteiger partial charge in [-0.05, 0) is 13.0 Å². The lowest BCUT2D eigenvalue weighted by molar-refractivity contribution is 0.0601. The van der Waals surface area contributed by atoms with Gasteiger partial charge in [-0.3, -0.25) is 9.10 Å². The van der Waals surface area contributed by atoms with E-state index in [9.17, 15) is 18.0 Å². The number of carbonyl (C=O) groups is 2. The van der Waals surface area contributed by atoms with Crippen molar-refractivity contribution in [3.8, 4) is 23.0 Å². The van der Waals surface area contributed by atoms with E-state index in [0.717, 1.165) is 4.31 Å². The minimum absolute atomic E-state index is 0.00469. The summed E-state index contributed by atoms with van der Waals surface area (Å²) in [4.78, 5) is 25.7. The molecule has 0 aliphatic carbocycles. The number of nitrogens with one attached hydrogen (secondary N) is 1. The number of rotatable bonds is 10. The number of ether oxygens (including phenoxy) is 5. The van der Waals surface area contributed by atoms with E-state index >= 15 is 0 Å². The standard InChI is InChI=1S/C22H28N2O9S/c1-8-34(27,28)24(2)16-12-20(32-6)18(30-4)10-14(16)21(25)23-15-11-19(31-5)17(29-3)9-13(15)22(26)33-7/h9-12H,8H2,1-7H3,(H,23,25). The molecule has 2 rings (SSSR count). The number of esters is 1. The highest BCUT2D eigenvalue weighted by Crippen LogP contribution is 2.38. The molecule has 0 fully saturated rings. The summed E-state index contributed by atoms with van der Waals surface area (Å²) in [7, 11) is 4.38. The van der Waals surface area contributed by atoms with Crippen LogP contribution in [-0.2, 0) is 14.8 Å². The number of hydrogen-bond acceptors (Lipinski definition) is 9. The first kappa shape index (κ1) is 26.6. The molecule has 12 heteroatoms. The van der Waals surface area contributed by atoms with Crippen LogP contribution in [0.1, 0.15) is 27.6 Å². The number of amides is 1. The van der Waals surface area contributed by atoms with Crippen molar-refractivity contribution in [2.75, 3.05) is 58.0 Å². The van der Waals surface area contributed by atoms with Crippen LogP contribution >= 0.6 is 0 Å². The Morgan fingerprint density at radius 3 is 1.76 bits per heavy atom. The summed E-state index contributed by atoms with van der Waals surface area (Å²) in [6.45, 7) is 1.48. The maximum atomic E-state index is 13.4. The van der Waals surface area contributed by atoms with Crippen LogP contribution in [0, 0.1) is 0 Å². The summed E-state index contributed by atoms with van der Waals surface area (Å²) in [5, 5.41) is 2.63. The zero-order valence-corrected chi connectivity index (χ0v) is 20.9. The van der Waals surface area contributed by atoms with Crippen LogP contribution in [0.3, 0.4) is 0 Å². The van der Waals surface area contributed by atoms with Gasteiger partial charge in [-0.1, -0.05) is 0 Å². The van der Waals surface area contributed by atoms with Crippen molar-refractivity contribution >= 4 is 33.3 Å². The Labute approximate surface area is 198 Å². The van der Waals surface area contributed by atoms with E-state index < -0.39 is 21.9 Å². The third-order valence-electron chi connectivity index (χ3n) is 5.05. The number of carbonyl (C=O) groups excluding carboxylic acids is 2. The molecule has 0 saturated heterocycles. The fraction of sp³-hybridized carbons (Fsp3) is 0.364. The van der Waals surface area contributed by atoms with Crippen molar-refractivity contribution in [2.24, 2.45) is 0 Å². The molecule has 1 amide bonds. The molecular formula is C22H28N2O9S. The van der Waals surface area contributed by atoms with Gasteiger partial charge in [0.05, 0.1) is 63.8 Å². The van der Waals surface area contributed by atoms with Gasteiger partial charge in [-0.15, -0.1) is 0 Å². The maximum Gasteiger partial charge on any atom is 0.340 e. The van der Waals surface area contributed by atoms with E-state index in [4.69, 9.17) is 23.7 Å². The van der Waals surface area contributed by atoms with E-state index in [2.05, 4.69) is 5.32 Å². The average molecular weight is 497 g/mol. The molecule has 0 saturated carbocycles. The summed E-state index contributed by atoms with van der Waals surface area (Å²) in [6.07, 6.45) is 0. The van der Waals surface area contributed by atoms with Crippen LogP contribution in [0.15, 0.2) is 24.3 Å². The highest BCUT2D eigenvalue weighted by molar-refractivity contribution is 7.92. The SMILES string of the molecule is CCS(=O)(=O)N(C)c1cc(OC)c(OC)cc1C(=O)Nc1cc(OC)c(OC)cc1C(=O)OC. The highest BCUT2D eigenvalue weighted by Gasteiger charge is 2.26. The summed E-state index contributed by atoms with van der Waals surface area (Å²) in [5.74, 6) is -0.694. The Kier molecular flexibility index (Phi) is 8.57. The molecule has 0 bridgehead atoms. The normalized spacial score (nSPS) is 10.8. The summed E-state index contributed by atoms with van der Waals surface area (Å²) < 4.78 is 52.0. The average Bonchev–Trinajstić information content (AvgIpc) is 2.86. The molecule has 0 heterocycles. The van der Waals surface area contributed by atoms with Gasteiger partial charge in [0.2, 0.25) is 10.0 Å². The van der Waals surface area contributed by atoms with Crippen LogP contribution in [-0.4, -0.2) is 68.6 Å². The Morgan fingerprint density at radius 1 is 0.824 bits per heavy atom. The second-order valence-corrected chi connectivity index (χ2v) is 9.08. The minimum atomic E-state index is -3.72. The van der Waals surface area contributed by atoms with E-state index in [1.165, 1.54) is 73.8 Å². The smallest absolute Gasteiger partial charge is 0.340 e. The van der Waals surface area contributed by atoms with Gasteiger partial charge in [0, 0.05) is 25.2 Å². The monoisotopic (exact) mass is 496 g/mol. The third-order valence-corrected chi connectivity index (χ3v) is 6.81. The van der Waals surface area contributed by atoms with Crippen LogP contribution in [0.25, 0.3) is 0 Å². The Morgan fingerprint density at radius 2 is 1.29 bits per heavy atom. The lowest BCUT2D eigenvalue weighted by Crippen LogP contribution is -2.30. The predicted molar refractivity (Wildman–Crippen MR) is 126 cm³/mol. The number of benzene rings is 2. The van der Waals surface area contributed by atoms with Crippen LogP contribution < -0.4 is 28.6 Å². The first-order chi connectivity index (χ1) is 16.1. The second-order valence-electron chi connectivity index (χ2n) is 6.79. The molecule has 0 spiro atoms.